The number of hydrogen-bond donors (Lipinski definition) is 2. The summed E-state index contributed by atoms with van der Waals surface area (Å²) in [6.07, 6.45) is 0.634. The van der Waals surface area contributed by atoms with E-state index in [1.54, 1.807) is 0 Å². The molecule has 0 aliphatic carbocycles. The molecule has 0 fully saturated rings. The van der Waals surface area contributed by atoms with Crippen molar-refractivity contribution in [1.29, 1.82) is 0 Å². The Morgan fingerprint density at radius 1 is 1.04 bits per heavy atom. The summed E-state index contributed by atoms with van der Waals surface area (Å²) < 4.78 is 11.1. The fourth-order valence-electron chi connectivity index (χ4n) is 2.23. The molecule has 1 heterocycles. The Hall–Kier alpha value is -2.54. The first kappa shape index (κ1) is 18.8. The van der Waals surface area contributed by atoms with E-state index in [-0.39, 0.29) is 10.8 Å². The maximum absolute atomic E-state index is 12.0. The SMILES string of the molecule is CCOc1ccc(CCNC(=O)c2ccc(C(=O)O)s2)cc1OCC. The summed E-state index contributed by atoms with van der Waals surface area (Å²) in [4.78, 5) is 23.4. The third-order valence-corrected chi connectivity index (χ3v) is 4.42. The van der Waals surface area contributed by atoms with Crippen molar-refractivity contribution in [2.24, 2.45) is 0 Å². The normalized spacial score (nSPS) is 10.3. The highest BCUT2D eigenvalue weighted by Crippen LogP contribution is 2.28. The molecule has 0 saturated carbocycles. The van der Waals surface area contributed by atoms with Crippen LogP contribution in [0.4, 0.5) is 0 Å². The average molecular weight is 363 g/mol. The van der Waals surface area contributed by atoms with Crippen molar-refractivity contribution in [3.8, 4) is 11.5 Å². The molecule has 0 bridgehead atoms. The molecule has 0 saturated heterocycles. The van der Waals surface area contributed by atoms with Crippen molar-refractivity contribution in [3.05, 3.63) is 45.6 Å². The number of ether oxygens (including phenoxy) is 2. The second-order valence-corrected chi connectivity index (χ2v) is 6.21. The van der Waals surface area contributed by atoms with E-state index in [4.69, 9.17) is 14.6 Å². The van der Waals surface area contributed by atoms with Gasteiger partial charge in [0.25, 0.3) is 5.91 Å². The van der Waals surface area contributed by atoms with E-state index in [1.165, 1.54) is 12.1 Å². The Bertz CT molecular complexity index is 741. The van der Waals surface area contributed by atoms with Crippen LogP contribution in [0.1, 0.15) is 38.8 Å². The van der Waals surface area contributed by atoms with Crippen LogP contribution in [-0.2, 0) is 6.42 Å². The Kier molecular flexibility index (Phi) is 6.82. The molecule has 0 radical (unpaired) electrons. The lowest BCUT2D eigenvalue weighted by molar-refractivity contribution is 0.0702. The minimum Gasteiger partial charge on any atom is -0.490 e. The zero-order valence-corrected chi connectivity index (χ0v) is 15.0. The van der Waals surface area contributed by atoms with E-state index in [1.807, 2.05) is 32.0 Å². The molecule has 2 N–H and O–H groups in total. The van der Waals surface area contributed by atoms with Crippen LogP contribution in [0, 0.1) is 0 Å². The van der Waals surface area contributed by atoms with Crippen LogP contribution in [0.2, 0.25) is 0 Å². The molecule has 2 aromatic rings. The largest absolute Gasteiger partial charge is 0.490 e. The van der Waals surface area contributed by atoms with Gasteiger partial charge in [-0.1, -0.05) is 6.07 Å². The molecule has 1 aromatic heterocycles. The van der Waals surface area contributed by atoms with Gasteiger partial charge in [-0.3, -0.25) is 4.79 Å². The van der Waals surface area contributed by atoms with Gasteiger partial charge < -0.3 is 19.9 Å². The molecule has 0 aliphatic heterocycles. The van der Waals surface area contributed by atoms with Crippen molar-refractivity contribution >= 4 is 23.2 Å². The van der Waals surface area contributed by atoms with Crippen LogP contribution < -0.4 is 14.8 Å². The molecule has 2 rings (SSSR count). The van der Waals surface area contributed by atoms with Gasteiger partial charge in [0.15, 0.2) is 11.5 Å². The molecule has 0 spiro atoms. The minimum absolute atomic E-state index is 0.151. The Balaban J connectivity index is 1.93. The smallest absolute Gasteiger partial charge is 0.345 e. The second-order valence-electron chi connectivity index (χ2n) is 5.12. The van der Waals surface area contributed by atoms with Crippen LogP contribution in [-0.4, -0.2) is 36.7 Å². The molecule has 1 amide bonds. The fourth-order valence-corrected chi connectivity index (χ4v) is 2.99. The zero-order valence-electron chi connectivity index (χ0n) is 14.2. The number of rotatable bonds is 9. The molecule has 134 valence electrons. The van der Waals surface area contributed by atoms with Gasteiger partial charge in [0.1, 0.15) is 4.88 Å². The highest BCUT2D eigenvalue weighted by Gasteiger charge is 2.12. The molecule has 25 heavy (non-hydrogen) atoms. The van der Waals surface area contributed by atoms with Crippen molar-refractivity contribution in [2.45, 2.75) is 20.3 Å². The monoisotopic (exact) mass is 363 g/mol. The molecular formula is C18H21NO5S. The number of benzene rings is 1. The highest BCUT2D eigenvalue weighted by molar-refractivity contribution is 7.15. The Labute approximate surface area is 150 Å². The minimum atomic E-state index is -1.03. The molecule has 1 aromatic carbocycles. The number of thiophene rings is 1. The number of amides is 1. The maximum Gasteiger partial charge on any atom is 0.345 e. The number of carbonyl (C=O) groups is 2. The summed E-state index contributed by atoms with van der Waals surface area (Å²) in [7, 11) is 0. The molecule has 6 nitrogen and oxygen atoms in total. The van der Waals surface area contributed by atoms with E-state index < -0.39 is 5.97 Å². The summed E-state index contributed by atoms with van der Waals surface area (Å²) >= 11 is 0.964. The van der Waals surface area contributed by atoms with Crippen LogP contribution in [0.5, 0.6) is 11.5 Å². The summed E-state index contributed by atoms with van der Waals surface area (Å²) in [5.74, 6) is 0.102. The number of carbonyl (C=O) groups excluding carboxylic acids is 1. The topological polar surface area (TPSA) is 84.9 Å². The van der Waals surface area contributed by atoms with E-state index in [2.05, 4.69) is 5.32 Å². The van der Waals surface area contributed by atoms with Gasteiger partial charge in [-0.2, -0.15) is 0 Å². The Morgan fingerprint density at radius 3 is 2.36 bits per heavy atom. The van der Waals surface area contributed by atoms with Crippen LogP contribution in [0.25, 0.3) is 0 Å². The molecule has 0 aliphatic rings. The highest BCUT2D eigenvalue weighted by atomic mass is 32.1. The number of nitrogens with one attached hydrogen (secondary N) is 1. The third-order valence-electron chi connectivity index (χ3n) is 3.35. The lowest BCUT2D eigenvalue weighted by atomic mass is 10.1. The van der Waals surface area contributed by atoms with Crippen LogP contribution in [0.3, 0.4) is 0 Å². The van der Waals surface area contributed by atoms with Gasteiger partial charge in [-0.15, -0.1) is 11.3 Å². The number of aromatic carboxylic acids is 1. The summed E-state index contributed by atoms with van der Waals surface area (Å²) in [6.45, 7) is 5.38. The van der Waals surface area contributed by atoms with Gasteiger partial charge in [0.05, 0.1) is 18.1 Å². The first-order chi connectivity index (χ1) is 12.0. The zero-order chi connectivity index (χ0) is 18.2. The van der Waals surface area contributed by atoms with Gasteiger partial charge in [-0.05, 0) is 50.1 Å². The van der Waals surface area contributed by atoms with Gasteiger partial charge >= 0.3 is 5.97 Å². The number of hydrogen-bond acceptors (Lipinski definition) is 5. The van der Waals surface area contributed by atoms with Crippen LogP contribution >= 0.6 is 11.3 Å². The van der Waals surface area contributed by atoms with Crippen molar-refractivity contribution in [1.82, 2.24) is 5.32 Å². The predicted octanol–water partition coefficient (Wildman–Crippen LogP) is 3.22. The predicted molar refractivity (Wildman–Crippen MR) is 96.1 cm³/mol. The van der Waals surface area contributed by atoms with E-state index in [0.717, 1.165) is 16.9 Å². The summed E-state index contributed by atoms with van der Waals surface area (Å²) in [5, 5.41) is 11.7. The van der Waals surface area contributed by atoms with Crippen molar-refractivity contribution in [3.63, 3.8) is 0 Å². The quantitative estimate of drug-likeness (QED) is 0.714. The summed E-state index contributed by atoms with van der Waals surface area (Å²) in [5.41, 5.74) is 1.02. The van der Waals surface area contributed by atoms with Crippen LogP contribution in [0.15, 0.2) is 30.3 Å². The number of carboxylic acids is 1. The fraction of sp³-hybridized carbons (Fsp3) is 0.333. The van der Waals surface area contributed by atoms with Crippen molar-refractivity contribution < 1.29 is 24.2 Å². The van der Waals surface area contributed by atoms with Gasteiger partial charge in [-0.25, -0.2) is 4.79 Å². The number of carboxylic acid groups (broad SMARTS) is 1. The Morgan fingerprint density at radius 2 is 1.72 bits per heavy atom. The lowest BCUT2D eigenvalue weighted by Crippen LogP contribution is -2.24. The van der Waals surface area contributed by atoms with E-state index in [0.29, 0.717) is 42.6 Å². The molecular weight excluding hydrogens is 342 g/mol. The second kappa shape index (κ2) is 9.08. The molecule has 0 unspecified atom stereocenters. The maximum atomic E-state index is 12.0. The van der Waals surface area contributed by atoms with Crippen molar-refractivity contribution in [2.75, 3.05) is 19.8 Å². The third kappa shape index (κ3) is 5.22. The lowest BCUT2D eigenvalue weighted by Gasteiger charge is -2.12. The average Bonchev–Trinajstić information content (AvgIpc) is 3.08. The summed E-state index contributed by atoms with van der Waals surface area (Å²) in [6, 6.07) is 8.67. The van der Waals surface area contributed by atoms with E-state index in [9.17, 15) is 9.59 Å². The van der Waals surface area contributed by atoms with E-state index >= 15 is 0 Å². The molecule has 7 heteroatoms. The standard InChI is InChI=1S/C18H21NO5S/c1-3-23-13-6-5-12(11-14(13)24-4-2)9-10-19-17(20)15-7-8-16(25-15)18(21)22/h5-8,11H,3-4,9-10H2,1-2H3,(H,19,20)(H,21,22). The first-order valence-electron chi connectivity index (χ1n) is 8.05. The van der Waals surface area contributed by atoms with Gasteiger partial charge in [0.2, 0.25) is 0 Å². The van der Waals surface area contributed by atoms with Gasteiger partial charge in [0, 0.05) is 6.54 Å². The molecule has 0 atom stereocenters. The first-order valence-corrected chi connectivity index (χ1v) is 8.86.